The molecule has 0 aliphatic carbocycles. The summed E-state index contributed by atoms with van der Waals surface area (Å²) in [5.74, 6) is -0.124. The fraction of sp³-hybridized carbons (Fsp3) is 0.294. The van der Waals surface area contributed by atoms with Gasteiger partial charge in [0, 0.05) is 18.0 Å². The van der Waals surface area contributed by atoms with Gasteiger partial charge in [-0.1, -0.05) is 31.9 Å². The predicted octanol–water partition coefficient (Wildman–Crippen LogP) is 3.23. The first-order valence-electron chi connectivity index (χ1n) is 7.77. The Morgan fingerprint density at radius 3 is 2.89 bits per heavy atom. The number of cyclic esters (lactones) is 1. The fourth-order valence-electron chi connectivity index (χ4n) is 2.46. The van der Waals surface area contributed by atoms with Crippen LogP contribution in [0, 0.1) is 5.82 Å². The average Bonchev–Trinajstić information content (AvgIpc) is 3.22. The molecule has 144 valence electrons. The van der Waals surface area contributed by atoms with Crippen LogP contribution >= 0.6 is 24.4 Å². The van der Waals surface area contributed by atoms with Crippen LogP contribution < -0.4 is 15.5 Å². The van der Waals surface area contributed by atoms with E-state index in [0.29, 0.717) is 29.7 Å². The Hall–Kier alpha value is -2.59. The molecule has 3 rings (SSSR count). The number of aromatic nitrogens is 2. The molecular weight excluding hydrogens is 389 g/mol. The Labute approximate surface area is 167 Å². The summed E-state index contributed by atoms with van der Waals surface area (Å²) in [4.78, 5) is 21.0. The smallest absolute Gasteiger partial charge is 0.414 e. The van der Waals surface area contributed by atoms with Crippen molar-refractivity contribution in [1.29, 1.82) is 0 Å². The molecule has 0 radical (unpaired) electrons. The van der Waals surface area contributed by atoms with Crippen LogP contribution in [0.5, 0.6) is 0 Å². The maximum absolute atomic E-state index is 14.5. The number of rotatable bonds is 5. The summed E-state index contributed by atoms with van der Waals surface area (Å²) in [7, 11) is 0. The molecule has 1 aromatic carbocycles. The first kappa shape index (κ1) is 20.7. The van der Waals surface area contributed by atoms with Crippen molar-refractivity contribution in [3.63, 3.8) is 0 Å². The number of anilines is 2. The molecule has 0 unspecified atom stereocenters. The molecule has 1 aliphatic heterocycles. The fourth-order valence-corrected chi connectivity index (χ4v) is 2.81. The first-order valence-corrected chi connectivity index (χ1v) is 8.58. The molecule has 3 N–H and O–H groups in total. The highest BCUT2D eigenvalue weighted by molar-refractivity contribution is 7.81. The van der Waals surface area contributed by atoms with Crippen LogP contribution in [0.2, 0.25) is 0 Å². The van der Waals surface area contributed by atoms with E-state index in [4.69, 9.17) is 29.2 Å². The standard InChI is InChI=1S/C16H16FN5O2S2.CH4/c1-9(25)20-7-11-8-22(16(23)24-11)10-2-3-12(13(17)6-10)14(26)21-15-18-4-5-19-15;/h2-6,11H,7-8H2,1H3,(H,20,25)(H2,18,19,21,26);1H4/t11-;/m0./s1. The molecule has 1 atom stereocenters. The van der Waals surface area contributed by atoms with Gasteiger partial charge < -0.3 is 20.4 Å². The third kappa shape index (κ3) is 4.98. The van der Waals surface area contributed by atoms with Gasteiger partial charge in [-0.25, -0.2) is 14.2 Å². The second-order valence-electron chi connectivity index (χ2n) is 5.61. The van der Waals surface area contributed by atoms with Gasteiger partial charge in [0.2, 0.25) is 5.95 Å². The van der Waals surface area contributed by atoms with Gasteiger partial charge in [0.1, 0.15) is 16.9 Å². The number of H-pyrrole nitrogens is 1. The maximum Gasteiger partial charge on any atom is 0.414 e. The largest absolute Gasteiger partial charge is 0.442 e. The molecule has 7 nitrogen and oxygen atoms in total. The number of benzene rings is 1. The van der Waals surface area contributed by atoms with E-state index >= 15 is 0 Å². The second kappa shape index (κ2) is 8.87. The van der Waals surface area contributed by atoms with E-state index in [-0.39, 0.29) is 24.1 Å². The molecule has 0 spiro atoms. The highest BCUT2D eigenvalue weighted by Crippen LogP contribution is 2.24. The highest BCUT2D eigenvalue weighted by atomic mass is 32.1. The van der Waals surface area contributed by atoms with Crippen molar-refractivity contribution in [2.75, 3.05) is 23.3 Å². The van der Waals surface area contributed by atoms with Crippen LogP contribution in [0.3, 0.4) is 0 Å². The zero-order chi connectivity index (χ0) is 18.7. The number of nitrogens with one attached hydrogen (secondary N) is 3. The summed E-state index contributed by atoms with van der Waals surface area (Å²) in [5.41, 5.74) is 0.612. The van der Waals surface area contributed by atoms with Gasteiger partial charge in [-0.05, 0) is 25.1 Å². The minimum atomic E-state index is -0.546. The molecule has 2 aromatic rings. The lowest BCUT2D eigenvalue weighted by Crippen LogP contribution is -2.32. The third-order valence-corrected chi connectivity index (χ3v) is 4.16. The van der Waals surface area contributed by atoms with E-state index in [1.54, 1.807) is 25.4 Å². The SMILES string of the molecule is C.CC(=S)NC[C@H]1CN(c2ccc(C(=S)Nc3ncc[nH]3)c(F)c2)C(=O)O1. The minimum Gasteiger partial charge on any atom is -0.442 e. The molecule has 1 amide bonds. The van der Waals surface area contributed by atoms with E-state index in [1.807, 2.05) is 0 Å². The molecule has 1 saturated heterocycles. The monoisotopic (exact) mass is 409 g/mol. The second-order valence-corrected chi connectivity index (χ2v) is 6.63. The van der Waals surface area contributed by atoms with E-state index in [2.05, 4.69) is 20.6 Å². The topological polar surface area (TPSA) is 82.3 Å². The van der Waals surface area contributed by atoms with E-state index in [0.717, 1.165) is 0 Å². The lowest BCUT2D eigenvalue weighted by molar-refractivity contribution is 0.143. The molecule has 2 heterocycles. The normalized spacial score (nSPS) is 15.7. The van der Waals surface area contributed by atoms with Gasteiger partial charge in [-0.2, -0.15) is 0 Å². The van der Waals surface area contributed by atoms with E-state index in [9.17, 15) is 9.18 Å². The summed E-state index contributed by atoms with van der Waals surface area (Å²) in [5, 5.41) is 5.77. The number of aromatic amines is 1. The van der Waals surface area contributed by atoms with Gasteiger partial charge in [0.05, 0.1) is 23.8 Å². The number of amides is 1. The summed E-state index contributed by atoms with van der Waals surface area (Å²) >= 11 is 10.1. The maximum atomic E-state index is 14.5. The van der Waals surface area contributed by atoms with Gasteiger partial charge in [0.15, 0.2) is 0 Å². The Kier molecular flexibility index (Phi) is 6.81. The van der Waals surface area contributed by atoms with Crippen molar-refractivity contribution >= 4 is 52.1 Å². The van der Waals surface area contributed by atoms with Gasteiger partial charge in [0.25, 0.3) is 0 Å². The lowest BCUT2D eigenvalue weighted by Gasteiger charge is -2.15. The number of carbonyl (C=O) groups is 1. The Morgan fingerprint density at radius 1 is 1.48 bits per heavy atom. The minimum absolute atomic E-state index is 0. The first-order chi connectivity index (χ1) is 12.4. The molecule has 1 aliphatic rings. The van der Waals surface area contributed by atoms with Gasteiger partial charge in [-0.15, -0.1) is 0 Å². The molecule has 1 aromatic heterocycles. The van der Waals surface area contributed by atoms with Crippen LogP contribution in [0.1, 0.15) is 19.9 Å². The Balaban J connectivity index is 0.00000261. The Bertz CT molecular complexity index is 844. The van der Waals surface area contributed by atoms with Crippen molar-refractivity contribution in [3.8, 4) is 0 Å². The summed E-state index contributed by atoms with van der Waals surface area (Å²) in [6.07, 6.45) is 2.30. The van der Waals surface area contributed by atoms with E-state index < -0.39 is 11.9 Å². The molecule has 0 saturated carbocycles. The molecular formula is C17H20FN5O2S2. The summed E-state index contributed by atoms with van der Waals surface area (Å²) in [6.45, 7) is 2.47. The number of hydrogen-bond acceptors (Lipinski definition) is 5. The van der Waals surface area contributed by atoms with Gasteiger partial charge >= 0.3 is 6.09 Å². The number of imidazole rings is 1. The molecule has 27 heavy (non-hydrogen) atoms. The lowest BCUT2D eigenvalue weighted by atomic mass is 10.1. The highest BCUT2D eigenvalue weighted by Gasteiger charge is 2.32. The van der Waals surface area contributed by atoms with E-state index in [1.165, 1.54) is 17.0 Å². The number of halogens is 1. The number of nitrogens with zero attached hydrogens (tertiary/aromatic N) is 2. The summed E-state index contributed by atoms with van der Waals surface area (Å²) < 4.78 is 19.8. The molecule has 0 bridgehead atoms. The van der Waals surface area contributed by atoms with Crippen molar-refractivity contribution < 1.29 is 13.9 Å². The van der Waals surface area contributed by atoms with Crippen LogP contribution in [0.25, 0.3) is 0 Å². The van der Waals surface area contributed by atoms with Crippen molar-refractivity contribution in [3.05, 3.63) is 42.0 Å². The van der Waals surface area contributed by atoms with Crippen molar-refractivity contribution in [2.24, 2.45) is 0 Å². The predicted molar refractivity (Wildman–Crippen MR) is 111 cm³/mol. The number of thiocarbonyl (C=S) groups is 2. The number of carbonyl (C=O) groups excluding carboxylic acids is 1. The van der Waals surface area contributed by atoms with Crippen LogP contribution in [0.15, 0.2) is 30.6 Å². The number of hydrogen-bond donors (Lipinski definition) is 3. The van der Waals surface area contributed by atoms with Gasteiger partial charge in [-0.3, -0.25) is 4.90 Å². The van der Waals surface area contributed by atoms with Crippen LogP contribution in [0.4, 0.5) is 20.8 Å². The van der Waals surface area contributed by atoms with Crippen LogP contribution in [-0.4, -0.2) is 45.2 Å². The summed E-state index contributed by atoms with van der Waals surface area (Å²) in [6, 6.07) is 4.39. The Morgan fingerprint density at radius 2 is 2.26 bits per heavy atom. The number of ether oxygens (including phenoxy) is 1. The molecule has 1 fully saturated rings. The van der Waals surface area contributed by atoms with Crippen molar-refractivity contribution in [2.45, 2.75) is 20.5 Å². The zero-order valence-electron chi connectivity index (χ0n) is 13.8. The van der Waals surface area contributed by atoms with Crippen LogP contribution in [-0.2, 0) is 4.74 Å². The van der Waals surface area contributed by atoms with Crippen molar-refractivity contribution in [1.82, 2.24) is 15.3 Å². The third-order valence-electron chi connectivity index (χ3n) is 3.69. The molecule has 10 heteroatoms. The quantitative estimate of drug-likeness (QED) is 0.654. The average molecular weight is 410 g/mol. The zero-order valence-corrected chi connectivity index (χ0v) is 15.4.